The molecule has 2 N–H and O–H groups in total. The number of halogens is 1. The molecule has 25 heavy (non-hydrogen) atoms. The van der Waals surface area contributed by atoms with E-state index in [1.54, 1.807) is 23.5 Å². The third-order valence-corrected chi connectivity index (χ3v) is 4.32. The number of nitrogens with zero attached hydrogens (tertiary/aromatic N) is 1. The van der Waals surface area contributed by atoms with E-state index in [9.17, 15) is 4.79 Å². The van der Waals surface area contributed by atoms with E-state index in [1.807, 2.05) is 19.1 Å². The molecule has 0 atom stereocenters. The fourth-order valence-corrected chi connectivity index (χ4v) is 2.84. The summed E-state index contributed by atoms with van der Waals surface area (Å²) < 4.78 is 4.70. The van der Waals surface area contributed by atoms with E-state index in [-0.39, 0.29) is 29.9 Å². The molecule has 0 aliphatic heterocycles. The molecule has 0 aliphatic carbocycles. The van der Waals surface area contributed by atoms with Gasteiger partial charge in [-0.25, -0.2) is 9.79 Å². The van der Waals surface area contributed by atoms with Crippen molar-refractivity contribution in [2.75, 3.05) is 20.2 Å². The van der Waals surface area contributed by atoms with E-state index < -0.39 is 0 Å². The van der Waals surface area contributed by atoms with Gasteiger partial charge in [0.05, 0.1) is 19.2 Å². The lowest BCUT2D eigenvalue weighted by atomic mass is 10.1. The number of aliphatic imine (C=N–C) groups is 1. The third-order valence-electron chi connectivity index (χ3n) is 3.38. The highest BCUT2D eigenvalue weighted by atomic mass is 127. The Hall–Kier alpha value is -1.61. The second-order valence-electron chi connectivity index (χ2n) is 5.14. The van der Waals surface area contributed by atoms with Crippen molar-refractivity contribution >= 4 is 47.2 Å². The molecule has 5 nitrogen and oxygen atoms in total. The normalized spacial score (nSPS) is 10.7. The average Bonchev–Trinajstić information content (AvgIpc) is 3.13. The number of benzene rings is 1. The van der Waals surface area contributed by atoms with Crippen LogP contribution in [0.1, 0.15) is 27.7 Å². The smallest absolute Gasteiger partial charge is 0.337 e. The Morgan fingerprint density at radius 1 is 1.20 bits per heavy atom. The van der Waals surface area contributed by atoms with Crippen LogP contribution < -0.4 is 10.6 Å². The van der Waals surface area contributed by atoms with E-state index in [1.165, 1.54) is 12.0 Å². The molecule has 1 aromatic carbocycles. The van der Waals surface area contributed by atoms with Crippen LogP contribution in [0.4, 0.5) is 0 Å². The number of carbonyl (C=O) groups is 1. The van der Waals surface area contributed by atoms with Crippen LogP contribution in [0.2, 0.25) is 0 Å². The van der Waals surface area contributed by atoms with Crippen molar-refractivity contribution in [3.8, 4) is 0 Å². The van der Waals surface area contributed by atoms with Crippen LogP contribution in [0.25, 0.3) is 0 Å². The minimum absolute atomic E-state index is 0. The summed E-state index contributed by atoms with van der Waals surface area (Å²) in [6.45, 7) is 4.25. The summed E-state index contributed by atoms with van der Waals surface area (Å²) in [6.07, 6.45) is 0.982. The zero-order chi connectivity index (χ0) is 17.2. The van der Waals surface area contributed by atoms with Gasteiger partial charge >= 0.3 is 5.97 Å². The monoisotopic (exact) mass is 473 g/mol. The Bertz CT molecular complexity index is 657. The molecule has 1 heterocycles. The number of hydrogen-bond donors (Lipinski definition) is 2. The largest absolute Gasteiger partial charge is 0.465 e. The molecule has 7 heteroatoms. The molecule has 1 aromatic heterocycles. The van der Waals surface area contributed by atoms with E-state index >= 15 is 0 Å². The topological polar surface area (TPSA) is 62.7 Å². The molecule has 0 radical (unpaired) electrons. The third kappa shape index (κ3) is 7.43. The summed E-state index contributed by atoms with van der Waals surface area (Å²) in [6, 6.07) is 11.5. The number of esters is 1. The van der Waals surface area contributed by atoms with Gasteiger partial charge in [-0.05, 0) is 42.5 Å². The fraction of sp³-hybridized carbons (Fsp3) is 0.333. The number of thiophene rings is 1. The lowest BCUT2D eigenvalue weighted by Crippen LogP contribution is -2.38. The molecule has 136 valence electrons. The first-order valence-electron chi connectivity index (χ1n) is 7.94. The Kier molecular flexibility index (Phi) is 10.2. The predicted octanol–water partition coefficient (Wildman–Crippen LogP) is 3.45. The van der Waals surface area contributed by atoms with Crippen LogP contribution in [0, 0.1) is 0 Å². The maximum atomic E-state index is 11.4. The molecule has 0 fully saturated rings. The first-order chi connectivity index (χ1) is 11.7. The van der Waals surface area contributed by atoms with Crippen molar-refractivity contribution < 1.29 is 9.53 Å². The molecule has 0 saturated carbocycles. The van der Waals surface area contributed by atoms with E-state index in [2.05, 4.69) is 33.1 Å². The van der Waals surface area contributed by atoms with E-state index in [4.69, 9.17) is 4.74 Å². The molecule has 0 bridgehead atoms. The fourth-order valence-electron chi connectivity index (χ4n) is 2.14. The number of methoxy groups -OCH3 is 1. The lowest BCUT2D eigenvalue weighted by molar-refractivity contribution is 0.0600. The minimum Gasteiger partial charge on any atom is -0.465 e. The van der Waals surface area contributed by atoms with Crippen molar-refractivity contribution in [3.05, 3.63) is 57.8 Å². The number of rotatable bonds is 7. The highest BCUT2D eigenvalue weighted by Crippen LogP contribution is 2.08. The summed E-state index contributed by atoms with van der Waals surface area (Å²) in [5.74, 6) is 0.472. The maximum Gasteiger partial charge on any atom is 0.337 e. The summed E-state index contributed by atoms with van der Waals surface area (Å²) >= 11 is 1.77. The Morgan fingerprint density at radius 3 is 2.56 bits per heavy atom. The molecule has 2 aromatic rings. The minimum atomic E-state index is -0.325. The van der Waals surface area contributed by atoms with Crippen LogP contribution in [0.5, 0.6) is 0 Å². The first kappa shape index (κ1) is 21.4. The highest BCUT2D eigenvalue weighted by Gasteiger charge is 2.04. The zero-order valence-electron chi connectivity index (χ0n) is 14.5. The standard InChI is InChI=1S/C18H23N3O2S.HI/c1-3-19-18(20-11-10-16-5-4-12-24-16)21-13-14-6-8-15(9-7-14)17(22)23-2;/h4-9,12H,3,10-11,13H2,1-2H3,(H2,19,20,21);1H. The highest BCUT2D eigenvalue weighted by molar-refractivity contribution is 14.0. The maximum absolute atomic E-state index is 11.4. The molecule has 0 saturated heterocycles. The summed E-state index contributed by atoms with van der Waals surface area (Å²) in [7, 11) is 1.38. The Labute approximate surface area is 169 Å². The average molecular weight is 473 g/mol. The van der Waals surface area contributed by atoms with E-state index in [0.29, 0.717) is 12.1 Å². The van der Waals surface area contributed by atoms with Crippen LogP contribution in [-0.4, -0.2) is 32.1 Å². The van der Waals surface area contributed by atoms with Gasteiger partial charge in [-0.15, -0.1) is 35.3 Å². The van der Waals surface area contributed by atoms with Gasteiger partial charge in [0.15, 0.2) is 5.96 Å². The first-order valence-corrected chi connectivity index (χ1v) is 8.82. The Balaban J connectivity index is 0.00000312. The number of hydrogen-bond acceptors (Lipinski definition) is 4. The predicted molar refractivity (Wildman–Crippen MR) is 114 cm³/mol. The van der Waals surface area contributed by atoms with Crippen LogP contribution >= 0.6 is 35.3 Å². The SMILES string of the molecule is CCNC(=NCc1ccc(C(=O)OC)cc1)NCCc1cccs1.I. The molecular weight excluding hydrogens is 449 g/mol. The molecular formula is C18H24IN3O2S. The van der Waals surface area contributed by atoms with Crippen molar-refractivity contribution in [1.29, 1.82) is 0 Å². The summed E-state index contributed by atoms with van der Waals surface area (Å²) in [4.78, 5) is 17.4. The van der Waals surface area contributed by atoms with Gasteiger partial charge in [0.1, 0.15) is 0 Å². The molecule has 0 amide bonds. The van der Waals surface area contributed by atoms with Gasteiger partial charge < -0.3 is 15.4 Å². The number of carbonyl (C=O) groups excluding carboxylic acids is 1. The zero-order valence-corrected chi connectivity index (χ0v) is 17.6. The van der Waals surface area contributed by atoms with E-state index in [0.717, 1.165) is 31.0 Å². The quantitative estimate of drug-likeness (QED) is 0.280. The molecule has 0 unspecified atom stereocenters. The molecule has 2 rings (SSSR count). The van der Waals surface area contributed by atoms with Crippen LogP contribution in [-0.2, 0) is 17.7 Å². The van der Waals surface area contributed by atoms with Gasteiger partial charge in [0.2, 0.25) is 0 Å². The van der Waals surface area contributed by atoms with Gasteiger partial charge in [-0.3, -0.25) is 0 Å². The van der Waals surface area contributed by atoms with Gasteiger partial charge in [0.25, 0.3) is 0 Å². The van der Waals surface area contributed by atoms with Gasteiger partial charge in [0, 0.05) is 18.0 Å². The van der Waals surface area contributed by atoms with Crippen molar-refractivity contribution in [3.63, 3.8) is 0 Å². The summed E-state index contributed by atoms with van der Waals surface area (Å²) in [5, 5.41) is 8.67. The van der Waals surface area contributed by atoms with Crippen LogP contribution in [0.15, 0.2) is 46.8 Å². The van der Waals surface area contributed by atoms with Crippen LogP contribution in [0.3, 0.4) is 0 Å². The molecule has 0 spiro atoms. The summed E-state index contributed by atoms with van der Waals surface area (Å²) in [5.41, 5.74) is 1.59. The van der Waals surface area contributed by atoms with Crippen molar-refractivity contribution in [2.45, 2.75) is 19.9 Å². The second-order valence-corrected chi connectivity index (χ2v) is 6.17. The van der Waals surface area contributed by atoms with Gasteiger partial charge in [-0.1, -0.05) is 18.2 Å². The van der Waals surface area contributed by atoms with Crippen molar-refractivity contribution in [1.82, 2.24) is 10.6 Å². The van der Waals surface area contributed by atoms with Gasteiger partial charge in [-0.2, -0.15) is 0 Å². The van der Waals surface area contributed by atoms with Crippen molar-refractivity contribution in [2.24, 2.45) is 4.99 Å². The second kappa shape index (κ2) is 11.9. The number of ether oxygens (including phenoxy) is 1. The molecule has 0 aliphatic rings. The number of nitrogens with one attached hydrogen (secondary N) is 2. The lowest BCUT2D eigenvalue weighted by Gasteiger charge is -2.11. The number of guanidine groups is 1. The Morgan fingerprint density at radius 2 is 1.96 bits per heavy atom.